The van der Waals surface area contributed by atoms with E-state index >= 15 is 0 Å². The summed E-state index contributed by atoms with van der Waals surface area (Å²) in [6.07, 6.45) is 0. The van der Waals surface area contributed by atoms with Gasteiger partial charge in [0.1, 0.15) is 11.3 Å². The molecule has 1 aliphatic rings. The Hall–Kier alpha value is -3.08. The lowest BCUT2D eigenvalue weighted by atomic mass is 9.98. The van der Waals surface area contributed by atoms with Gasteiger partial charge >= 0.3 is 0 Å². The van der Waals surface area contributed by atoms with E-state index in [1.165, 1.54) is 12.1 Å². The Morgan fingerprint density at radius 2 is 1.92 bits per heavy atom. The number of carbonyl (C=O) groups is 1. The van der Waals surface area contributed by atoms with Gasteiger partial charge in [0.2, 0.25) is 5.76 Å². The fourth-order valence-electron chi connectivity index (χ4n) is 3.32. The van der Waals surface area contributed by atoms with Gasteiger partial charge in [-0.25, -0.2) is 0 Å². The van der Waals surface area contributed by atoms with Gasteiger partial charge in [0.25, 0.3) is 5.91 Å². The zero-order valence-electron chi connectivity index (χ0n) is 13.2. The molecule has 1 amide bonds. The van der Waals surface area contributed by atoms with Crippen molar-refractivity contribution < 1.29 is 14.3 Å². The van der Waals surface area contributed by atoms with Crippen LogP contribution < -0.4 is 10.7 Å². The molecule has 2 aromatic carbocycles. The first-order chi connectivity index (χ1) is 11.5. The van der Waals surface area contributed by atoms with Crippen LogP contribution in [0.4, 0.5) is 0 Å². The van der Waals surface area contributed by atoms with E-state index in [4.69, 9.17) is 4.42 Å². The van der Waals surface area contributed by atoms with Gasteiger partial charge in [0.05, 0.1) is 17.0 Å². The number of amides is 1. The maximum Gasteiger partial charge on any atom is 0.288 e. The third-order valence-electron chi connectivity index (χ3n) is 4.33. The minimum atomic E-state index is -0.624. The molecule has 5 heteroatoms. The van der Waals surface area contributed by atoms with Crippen LogP contribution >= 0.6 is 0 Å². The van der Waals surface area contributed by atoms with E-state index < -0.39 is 11.9 Å². The first-order valence-electron chi connectivity index (χ1n) is 7.63. The maximum atomic E-state index is 13.0. The highest BCUT2D eigenvalue weighted by Crippen LogP contribution is 2.33. The molecule has 0 saturated heterocycles. The predicted molar refractivity (Wildman–Crippen MR) is 89.4 cm³/mol. The van der Waals surface area contributed by atoms with Crippen molar-refractivity contribution in [2.75, 3.05) is 0 Å². The quantitative estimate of drug-likeness (QED) is 0.722. The van der Waals surface area contributed by atoms with Gasteiger partial charge in [-0.3, -0.25) is 9.59 Å². The summed E-state index contributed by atoms with van der Waals surface area (Å²) >= 11 is 0. The summed E-state index contributed by atoms with van der Waals surface area (Å²) in [5, 5.41) is 12.9. The molecule has 1 atom stereocenters. The molecule has 0 unspecified atom stereocenters. The minimum absolute atomic E-state index is 0.0489. The average molecular weight is 321 g/mol. The molecule has 5 nitrogen and oxygen atoms in total. The number of phenols is 1. The molecular formula is C19H15NO4. The Balaban J connectivity index is 2.04. The Bertz CT molecular complexity index is 1060. The summed E-state index contributed by atoms with van der Waals surface area (Å²) in [6, 6.07) is 9.56. The van der Waals surface area contributed by atoms with Crippen LogP contribution in [0.3, 0.4) is 0 Å². The van der Waals surface area contributed by atoms with Gasteiger partial charge in [0.15, 0.2) is 5.43 Å². The molecule has 3 aromatic rings. The zero-order chi connectivity index (χ0) is 17.0. The SMILES string of the molecule is Cc1cc(C)c2oc3c(c(=O)c2c1)[C@@H](c1cccc(O)c1)NC3=O. The number of rotatable bonds is 1. The smallest absolute Gasteiger partial charge is 0.288 e. The summed E-state index contributed by atoms with van der Waals surface area (Å²) in [5.41, 5.74) is 2.93. The number of carbonyl (C=O) groups excluding carboxylic acids is 1. The van der Waals surface area contributed by atoms with Crippen molar-refractivity contribution in [3.63, 3.8) is 0 Å². The van der Waals surface area contributed by atoms with Crippen molar-refractivity contribution in [3.8, 4) is 5.75 Å². The summed E-state index contributed by atoms with van der Waals surface area (Å²) in [6.45, 7) is 3.76. The number of nitrogens with one attached hydrogen (secondary N) is 1. The van der Waals surface area contributed by atoms with Crippen LogP contribution in [0.2, 0.25) is 0 Å². The topological polar surface area (TPSA) is 79.5 Å². The monoisotopic (exact) mass is 321 g/mol. The number of phenolic OH excluding ortho intramolecular Hbond substituents is 1. The van der Waals surface area contributed by atoms with Crippen molar-refractivity contribution in [1.29, 1.82) is 0 Å². The summed E-state index contributed by atoms with van der Waals surface area (Å²) < 4.78 is 5.79. The Morgan fingerprint density at radius 1 is 1.12 bits per heavy atom. The summed E-state index contributed by atoms with van der Waals surface area (Å²) in [7, 11) is 0. The zero-order valence-corrected chi connectivity index (χ0v) is 13.2. The highest BCUT2D eigenvalue weighted by Gasteiger charge is 2.36. The second-order valence-corrected chi connectivity index (χ2v) is 6.13. The molecule has 0 aliphatic carbocycles. The van der Waals surface area contributed by atoms with Crippen molar-refractivity contribution in [1.82, 2.24) is 5.32 Å². The molecule has 1 aromatic heterocycles. The van der Waals surface area contributed by atoms with Gasteiger partial charge in [-0.1, -0.05) is 18.2 Å². The highest BCUT2D eigenvalue weighted by molar-refractivity contribution is 5.99. The van der Waals surface area contributed by atoms with Crippen LogP contribution in [0.5, 0.6) is 5.75 Å². The average Bonchev–Trinajstić information content (AvgIpc) is 2.86. The molecule has 0 spiro atoms. The number of fused-ring (bicyclic) bond motifs is 2. The lowest BCUT2D eigenvalue weighted by Gasteiger charge is -2.12. The Labute approximate surface area is 137 Å². The normalized spacial score (nSPS) is 16.2. The summed E-state index contributed by atoms with van der Waals surface area (Å²) in [4.78, 5) is 25.3. The van der Waals surface area contributed by atoms with Gasteiger partial charge < -0.3 is 14.8 Å². The molecule has 1 aliphatic heterocycles. The molecule has 0 saturated carbocycles. The van der Waals surface area contributed by atoms with Gasteiger partial charge in [0, 0.05) is 0 Å². The molecular weight excluding hydrogens is 306 g/mol. The second kappa shape index (κ2) is 4.96. The third-order valence-corrected chi connectivity index (χ3v) is 4.33. The largest absolute Gasteiger partial charge is 0.508 e. The number of aryl methyl sites for hydroxylation is 2. The molecule has 24 heavy (non-hydrogen) atoms. The molecule has 0 bridgehead atoms. The van der Waals surface area contributed by atoms with E-state index in [-0.39, 0.29) is 16.9 Å². The van der Waals surface area contributed by atoms with Crippen molar-refractivity contribution in [2.45, 2.75) is 19.9 Å². The van der Waals surface area contributed by atoms with Crippen LogP contribution in [0.15, 0.2) is 45.6 Å². The minimum Gasteiger partial charge on any atom is -0.508 e. The predicted octanol–water partition coefficient (Wildman–Crippen LogP) is 2.95. The number of hydrogen-bond donors (Lipinski definition) is 2. The van der Waals surface area contributed by atoms with E-state index in [1.807, 2.05) is 19.9 Å². The standard InChI is InChI=1S/C19H15NO4/c1-9-6-10(2)17-13(7-9)16(22)14-15(20-19(23)18(14)24-17)11-4-3-5-12(21)8-11/h3-8,15,21H,1-2H3,(H,20,23)/t15-/m1/s1. The fraction of sp³-hybridized carbons (Fsp3) is 0.158. The van der Waals surface area contributed by atoms with Crippen LogP contribution in [0.1, 0.15) is 38.9 Å². The molecule has 0 radical (unpaired) electrons. The fourth-order valence-corrected chi connectivity index (χ4v) is 3.32. The first kappa shape index (κ1) is 14.5. The third kappa shape index (κ3) is 2.01. The highest BCUT2D eigenvalue weighted by atomic mass is 16.3. The van der Waals surface area contributed by atoms with Crippen molar-refractivity contribution >= 4 is 16.9 Å². The molecule has 2 heterocycles. The summed E-state index contributed by atoms with van der Waals surface area (Å²) in [5.74, 6) is -0.294. The Kier molecular flexibility index (Phi) is 3.00. The van der Waals surface area contributed by atoms with E-state index in [1.54, 1.807) is 18.2 Å². The molecule has 120 valence electrons. The van der Waals surface area contributed by atoms with Crippen LogP contribution in [0.25, 0.3) is 11.0 Å². The van der Waals surface area contributed by atoms with Gasteiger partial charge in [-0.2, -0.15) is 0 Å². The van der Waals surface area contributed by atoms with Gasteiger partial charge in [-0.05, 0) is 48.7 Å². The van der Waals surface area contributed by atoms with Crippen LogP contribution in [-0.2, 0) is 0 Å². The van der Waals surface area contributed by atoms with E-state index in [0.717, 1.165) is 11.1 Å². The Morgan fingerprint density at radius 3 is 2.67 bits per heavy atom. The number of aromatic hydroxyl groups is 1. The van der Waals surface area contributed by atoms with Gasteiger partial charge in [-0.15, -0.1) is 0 Å². The van der Waals surface area contributed by atoms with Crippen molar-refractivity contribution in [2.24, 2.45) is 0 Å². The maximum absolute atomic E-state index is 13.0. The van der Waals surface area contributed by atoms with E-state index in [9.17, 15) is 14.7 Å². The molecule has 2 N–H and O–H groups in total. The molecule has 0 fully saturated rings. The van der Waals surface area contributed by atoms with E-state index in [0.29, 0.717) is 22.1 Å². The van der Waals surface area contributed by atoms with E-state index in [2.05, 4.69) is 5.32 Å². The molecule has 4 rings (SSSR count). The lowest BCUT2D eigenvalue weighted by molar-refractivity contribution is 0.0938. The van der Waals surface area contributed by atoms with Crippen LogP contribution in [0, 0.1) is 13.8 Å². The number of benzene rings is 2. The second-order valence-electron chi connectivity index (χ2n) is 6.13. The number of hydrogen-bond acceptors (Lipinski definition) is 4. The first-order valence-corrected chi connectivity index (χ1v) is 7.63. The lowest BCUT2D eigenvalue weighted by Crippen LogP contribution is -2.21. The van der Waals surface area contributed by atoms with Crippen LogP contribution in [-0.4, -0.2) is 11.0 Å². The van der Waals surface area contributed by atoms with Crippen molar-refractivity contribution in [3.05, 3.63) is 74.6 Å².